The molecule has 0 aliphatic carbocycles. The monoisotopic (exact) mass is 272 g/mol. The fourth-order valence-electron chi connectivity index (χ4n) is 1.28. The van der Waals surface area contributed by atoms with Crippen LogP contribution in [0.25, 0.3) is 0 Å². The van der Waals surface area contributed by atoms with Crippen molar-refractivity contribution in [3.63, 3.8) is 0 Å². The largest absolute Gasteiger partial charge is 0.384 e. The van der Waals surface area contributed by atoms with E-state index in [2.05, 4.69) is 0 Å². The van der Waals surface area contributed by atoms with E-state index in [1.165, 1.54) is 18.0 Å². The van der Waals surface area contributed by atoms with Gasteiger partial charge < -0.3 is 5.73 Å². The predicted molar refractivity (Wildman–Crippen MR) is 72.6 cm³/mol. The highest BCUT2D eigenvalue weighted by atomic mass is 32.2. The van der Waals surface area contributed by atoms with Crippen LogP contribution in [0.5, 0.6) is 0 Å². The number of amidine groups is 1. The van der Waals surface area contributed by atoms with Crippen LogP contribution < -0.4 is 5.73 Å². The van der Waals surface area contributed by atoms with Crippen LogP contribution >= 0.6 is 11.8 Å². The lowest BCUT2D eigenvalue weighted by Crippen LogP contribution is -2.13. The Morgan fingerprint density at radius 1 is 1.47 bits per heavy atom. The molecule has 17 heavy (non-hydrogen) atoms. The van der Waals surface area contributed by atoms with Crippen LogP contribution in [0.4, 0.5) is 0 Å². The molecule has 4 nitrogen and oxygen atoms in total. The summed E-state index contributed by atoms with van der Waals surface area (Å²) in [6.07, 6.45) is 1.22. The molecule has 3 N–H and O–H groups in total. The number of nitrogens with two attached hydrogens (primary N) is 1. The molecule has 1 aromatic carbocycles. The van der Waals surface area contributed by atoms with E-state index >= 15 is 0 Å². The van der Waals surface area contributed by atoms with Crippen LogP contribution in [-0.2, 0) is 9.84 Å². The number of hydrogen-bond donors (Lipinski definition) is 2. The van der Waals surface area contributed by atoms with Crippen LogP contribution in [0.3, 0.4) is 0 Å². The number of rotatable bonds is 5. The SMILES string of the molecule is Cc1ccc(SCCS(C)(=O)=O)c(C(=N)N)c1. The molecule has 0 aliphatic rings. The molecule has 1 aromatic rings. The smallest absolute Gasteiger partial charge is 0.148 e. The molecule has 0 atom stereocenters. The highest BCUT2D eigenvalue weighted by molar-refractivity contribution is 8.00. The first-order valence-electron chi connectivity index (χ1n) is 5.05. The lowest BCUT2D eigenvalue weighted by molar-refractivity contribution is 0.603. The second kappa shape index (κ2) is 5.55. The second-order valence-electron chi connectivity index (χ2n) is 3.89. The molecule has 0 radical (unpaired) electrons. The van der Waals surface area contributed by atoms with Gasteiger partial charge in [-0.2, -0.15) is 0 Å². The van der Waals surface area contributed by atoms with Crippen molar-refractivity contribution in [2.75, 3.05) is 17.8 Å². The first-order chi connectivity index (χ1) is 7.79. The number of nitrogen functional groups attached to an aromatic ring is 1. The summed E-state index contributed by atoms with van der Waals surface area (Å²) in [5.41, 5.74) is 7.19. The molecule has 0 bridgehead atoms. The van der Waals surface area contributed by atoms with Gasteiger partial charge in [0.1, 0.15) is 15.7 Å². The molecule has 0 amide bonds. The number of sulfone groups is 1. The Morgan fingerprint density at radius 3 is 2.65 bits per heavy atom. The number of hydrogen-bond acceptors (Lipinski definition) is 4. The quantitative estimate of drug-likeness (QED) is 0.482. The summed E-state index contributed by atoms with van der Waals surface area (Å²) in [6.45, 7) is 1.93. The van der Waals surface area contributed by atoms with Crippen LogP contribution in [0.2, 0.25) is 0 Å². The van der Waals surface area contributed by atoms with E-state index in [0.29, 0.717) is 11.3 Å². The van der Waals surface area contributed by atoms with Gasteiger partial charge in [-0.25, -0.2) is 8.42 Å². The van der Waals surface area contributed by atoms with Crippen molar-refractivity contribution in [1.82, 2.24) is 0 Å². The van der Waals surface area contributed by atoms with Gasteiger partial charge in [-0.3, -0.25) is 5.41 Å². The molecular formula is C11H16N2O2S2. The summed E-state index contributed by atoms with van der Waals surface area (Å²) in [4.78, 5) is 0.853. The Morgan fingerprint density at radius 2 is 2.12 bits per heavy atom. The van der Waals surface area contributed by atoms with Crippen molar-refractivity contribution < 1.29 is 8.42 Å². The van der Waals surface area contributed by atoms with Crippen molar-refractivity contribution in [1.29, 1.82) is 5.41 Å². The van der Waals surface area contributed by atoms with Crippen LogP contribution in [0, 0.1) is 12.3 Å². The van der Waals surface area contributed by atoms with Crippen LogP contribution in [0.15, 0.2) is 23.1 Å². The Bertz CT molecular complexity index is 524. The second-order valence-corrected chi connectivity index (χ2v) is 7.29. The predicted octanol–water partition coefficient (Wildman–Crippen LogP) is 1.42. The summed E-state index contributed by atoms with van der Waals surface area (Å²) in [5, 5.41) is 7.48. The maximum absolute atomic E-state index is 11.0. The summed E-state index contributed by atoms with van der Waals surface area (Å²) in [6, 6.07) is 5.64. The normalized spacial score (nSPS) is 11.4. The van der Waals surface area contributed by atoms with E-state index < -0.39 is 9.84 Å². The Balaban J connectivity index is 2.81. The maximum atomic E-state index is 11.0. The average molecular weight is 272 g/mol. The van der Waals surface area contributed by atoms with Gasteiger partial charge in [0.25, 0.3) is 0 Å². The number of nitrogens with one attached hydrogen (secondary N) is 1. The highest BCUT2D eigenvalue weighted by Crippen LogP contribution is 2.23. The van der Waals surface area contributed by atoms with E-state index in [9.17, 15) is 8.42 Å². The minimum Gasteiger partial charge on any atom is -0.384 e. The molecule has 0 heterocycles. The highest BCUT2D eigenvalue weighted by Gasteiger charge is 2.08. The van der Waals surface area contributed by atoms with Gasteiger partial charge in [0, 0.05) is 22.5 Å². The summed E-state index contributed by atoms with van der Waals surface area (Å²) in [7, 11) is -2.94. The molecule has 0 aliphatic heterocycles. The molecule has 94 valence electrons. The maximum Gasteiger partial charge on any atom is 0.148 e. The van der Waals surface area contributed by atoms with E-state index in [-0.39, 0.29) is 11.6 Å². The lowest BCUT2D eigenvalue weighted by atomic mass is 10.1. The number of benzene rings is 1. The van der Waals surface area contributed by atoms with Gasteiger partial charge in [0.2, 0.25) is 0 Å². The van der Waals surface area contributed by atoms with Gasteiger partial charge in [-0.05, 0) is 19.1 Å². The molecule has 0 saturated carbocycles. The molecule has 0 fully saturated rings. The molecule has 1 rings (SSSR count). The summed E-state index contributed by atoms with van der Waals surface area (Å²) in [5.74, 6) is 0.612. The Hall–Kier alpha value is -1.01. The van der Waals surface area contributed by atoms with Crippen molar-refractivity contribution in [3.8, 4) is 0 Å². The Labute approximate surface area is 106 Å². The molecular weight excluding hydrogens is 256 g/mol. The zero-order valence-electron chi connectivity index (χ0n) is 9.86. The zero-order chi connectivity index (χ0) is 13.1. The molecule has 6 heteroatoms. The minimum absolute atomic E-state index is 0.00977. The summed E-state index contributed by atoms with van der Waals surface area (Å²) >= 11 is 1.41. The van der Waals surface area contributed by atoms with Crippen LogP contribution in [-0.4, -0.2) is 32.0 Å². The number of thioether (sulfide) groups is 1. The third-order valence-corrected chi connectivity index (χ3v) is 4.42. The standard InChI is InChI=1S/C11H16N2O2S2/c1-8-3-4-10(9(7-8)11(12)13)16-5-6-17(2,14)15/h3-4,7H,5-6H2,1-2H3,(H3,12,13). The average Bonchev–Trinajstić information content (AvgIpc) is 2.18. The third kappa shape index (κ3) is 4.79. The first kappa shape index (κ1) is 14.1. The van der Waals surface area contributed by atoms with Gasteiger partial charge >= 0.3 is 0 Å². The van der Waals surface area contributed by atoms with Crippen molar-refractivity contribution in [2.45, 2.75) is 11.8 Å². The zero-order valence-corrected chi connectivity index (χ0v) is 11.5. The summed E-state index contributed by atoms with van der Waals surface area (Å²) < 4.78 is 22.0. The van der Waals surface area contributed by atoms with Gasteiger partial charge in [0.05, 0.1) is 5.75 Å². The van der Waals surface area contributed by atoms with Gasteiger partial charge in [-0.15, -0.1) is 11.8 Å². The van der Waals surface area contributed by atoms with E-state index in [1.807, 2.05) is 25.1 Å². The van der Waals surface area contributed by atoms with E-state index in [1.54, 1.807) is 0 Å². The first-order valence-corrected chi connectivity index (χ1v) is 8.10. The lowest BCUT2D eigenvalue weighted by Gasteiger charge is -2.08. The fourth-order valence-corrected chi connectivity index (χ4v) is 3.54. The fraction of sp³-hybridized carbons (Fsp3) is 0.364. The Kier molecular flexibility index (Phi) is 4.59. The van der Waals surface area contributed by atoms with Gasteiger partial charge in [-0.1, -0.05) is 11.6 Å². The topological polar surface area (TPSA) is 84.0 Å². The molecule has 0 saturated heterocycles. The van der Waals surface area contributed by atoms with E-state index in [0.717, 1.165) is 10.5 Å². The van der Waals surface area contributed by atoms with E-state index in [4.69, 9.17) is 11.1 Å². The molecule has 0 spiro atoms. The van der Waals surface area contributed by atoms with Gasteiger partial charge in [0.15, 0.2) is 0 Å². The minimum atomic E-state index is -2.94. The molecule has 0 aromatic heterocycles. The molecule has 0 unspecified atom stereocenters. The van der Waals surface area contributed by atoms with Crippen molar-refractivity contribution in [2.24, 2.45) is 5.73 Å². The third-order valence-electron chi connectivity index (χ3n) is 2.14. The number of aryl methyl sites for hydroxylation is 1. The van der Waals surface area contributed by atoms with Crippen LogP contribution in [0.1, 0.15) is 11.1 Å². The van der Waals surface area contributed by atoms with Crippen molar-refractivity contribution in [3.05, 3.63) is 29.3 Å². The van der Waals surface area contributed by atoms with Crippen molar-refractivity contribution >= 4 is 27.4 Å².